The van der Waals surface area contributed by atoms with E-state index in [1.54, 1.807) is 17.0 Å². The molecule has 0 aliphatic carbocycles. The molecule has 1 aliphatic rings. The average molecular weight is 451 g/mol. The summed E-state index contributed by atoms with van der Waals surface area (Å²) in [6.07, 6.45) is -3.38. The highest BCUT2D eigenvalue weighted by Gasteiger charge is 2.39. The van der Waals surface area contributed by atoms with Crippen LogP contribution in [0.1, 0.15) is 40.9 Å². The highest BCUT2D eigenvalue weighted by Crippen LogP contribution is 2.32. The van der Waals surface area contributed by atoms with Crippen molar-refractivity contribution in [2.24, 2.45) is 0 Å². The fourth-order valence-electron chi connectivity index (χ4n) is 2.68. The van der Waals surface area contributed by atoms with E-state index in [4.69, 9.17) is 4.42 Å². The number of nitrogens with zero attached hydrogens (tertiary/aromatic N) is 3. The summed E-state index contributed by atoms with van der Waals surface area (Å²) in [5, 5.41) is 6.57. The van der Waals surface area contributed by atoms with Crippen LogP contribution in [0.25, 0.3) is 0 Å². The van der Waals surface area contributed by atoms with Gasteiger partial charge in [0.15, 0.2) is 0 Å². The number of likely N-dealkylation sites (tertiary alicyclic amines) is 1. The van der Waals surface area contributed by atoms with E-state index < -0.39 is 12.1 Å². The van der Waals surface area contributed by atoms with Gasteiger partial charge in [-0.1, -0.05) is 12.1 Å². The van der Waals surface area contributed by atoms with Gasteiger partial charge in [-0.3, -0.25) is 4.79 Å². The smallest absolute Gasteiger partial charge is 0.417 e. The normalized spacial score (nSPS) is 18.7. The Morgan fingerprint density at radius 3 is 2.71 bits per heavy atom. The molecule has 3 rings (SSSR count). The Hall–Kier alpha value is -1.65. The van der Waals surface area contributed by atoms with Crippen LogP contribution >= 0.6 is 22.6 Å². The van der Waals surface area contributed by atoms with Crippen molar-refractivity contribution in [3.8, 4) is 0 Å². The zero-order valence-electron chi connectivity index (χ0n) is 12.4. The zero-order valence-corrected chi connectivity index (χ0v) is 14.5. The van der Waals surface area contributed by atoms with Crippen molar-refractivity contribution >= 4 is 28.5 Å². The van der Waals surface area contributed by atoms with Gasteiger partial charge in [0, 0.05) is 16.7 Å². The maximum Gasteiger partial charge on any atom is 0.470 e. The molecule has 0 saturated carbocycles. The van der Waals surface area contributed by atoms with Crippen molar-refractivity contribution in [3.63, 3.8) is 0 Å². The standard InChI is InChI=1S/C15H13F3IN3O2/c16-15(17,18)14-21-20-12(24-14)9-4-3-7-22(8-9)13(23)10-5-1-2-6-11(10)19/h1-2,5-6,9H,3-4,7-8H2. The first-order chi connectivity index (χ1) is 11.4. The lowest BCUT2D eigenvalue weighted by atomic mass is 9.97. The molecule has 0 N–H and O–H groups in total. The van der Waals surface area contributed by atoms with Crippen LogP contribution in [0.3, 0.4) is 0 Å². The molecule has 0 bridgehead atoms. The minimum atomic E-state index is -4.66. The van der Waals surface area contributed by atoms with Gasteiger partial charge in [0.05, 0.1) is 11.5 Å². The number of piperidine rings is 1. The Bertz CT molecular complexity index is 748. The van der Waals surface area contributed by atoms with Crippen LogP contribution < -0.4 is 0 Å². The van der Waals surface area contributed by atoms with Crippen LogP contribution in [0, 0.1) is 3.57 Å². The Morgan fingerprint density at radius 1 is 1.29 bits per heavy atom. The van der Waals surface area contributed by atoms with E-state index in [1.807, 2.05) is 12.1 Å². The number of carbonyl (C=O) groups is 1. The number of alkyl halides is 3. The van der Waals surface area contributed by atoms with Crippen LogP contribution in [0.4, 0.5) is 13.2 Å². The van der Waals surface area contributed by atoms with Gasteiger partial charge in [-0.25, -0.2) is 0 Å². The van der Waals surface area contributed by atoms with Crippen molar-refractivity contribution in [2.45, 2.75) is 24.9 Å². The van der Waals surface area contributed by atoms with Gasteiger partial charge in [0.2, 0.25) is 5.89 Å². The number of benzene rings is 1. The Balaban J connectivity index is 1.76. The zero-order chi connectivity index (χ0) is 17.3. The van der Waals surface area contributed by atoms with E-state index in [0.29, 0.717) is 24.9 Å². The molecule has 0 radical (unpaired) electrons. The highest BCUT2D eigenvalue weighted by atomic mass is 127. The Morgan fingerprint density at radius 2 is 2.04 bits per heavy atom. The second-order valence-corrected chi connectivity index (χ2v) is 6.68. The molecule has 1 amide bonds. The second kappa shape index (κ2) is 6.69. The molecule has 1 aromatic carbocycles. The lowest BCUT2D eigenvalue weighted by Crippen LogP contribution is -2.39. The van der Waals surface area contributed by atoms with E-state index in [0.717, 1.165) is 3.57 Å². The van der Waals surface area contributed by atoms with Gasteiger partial charge in [-0.15, -0.1) is 10.2 Å². The van der Waals surface area contributed by atoms with Crippen molar-refractivity contribution in [2.75, 3.05) is 13.1 Å². The maximum atomic E-state index is 12.6. The van der Waals surface area contributed by atoms with Gasteiger partial charge in [0.1, 0.15) is 0 Å². The van der Waals surface area contributed by atoms with Gasteiger partial charge in [-0.2, -0.15) is 13.2 Å². The number of rotatable bonds is 2. The molecular weight excluding hydrogens is 438 g/mol. The number of aromatic nitrogens is 2. The van der Waals surface area contributed by atoms with E-state index in [1.165, 1.54) is 0 Å². The maximum absolute atomic E-state index is 12.6. The van der Waals surface area contributed by atoms with Crippen molar-refractivity contribution in [1.82, 2.24) is 15.1 Å². The van der Waals surface area contributed by atoms with Crippen LogP contribution in [0.15, 0.2) is 28.7 Å². The first-order valence-corrected chi connectivity index (χ1v) is 8.38. The van der Waals surface area contributed by atoms with Crippen LogP contribution in [-0.4, -0.2) is 34.1 Å². The van der Waals surface area contributed by atoms with Crippen LogP contribution in [0.5, 0.6) is 0 Å². The Kier molecular flexibility index (Phi) is 4.79. The van der Waals surface area contributed by atoms with E-state index in [-0.39, 0.29) is 24.3 Å². The first kappa shape index (κ1) is 17.2. The molecule has 9 heteroatoms. The van der Waals surface area contributed by atoms with Crippen molar-refractivity contribution in [1.29, 1.82) is 0 Å². The third kappa shape index (κ3) is 3.55. The predicted octanol–water partition coefficient (Wildman–Crippen LogP) is 3.71. The Labute approximate surface area is 149 Å². The summed E-state index contributed by atoms with van der Waals surface area (Å²) in [6.45, 7) is 0.823. The summed E-state index contributed by atoms with van der Waals surface area (Å²) in [4.78, 5) is 14.3. The SMILES string of the molecule is O=C(c1ccccc1I)N1CCCC(c2nnc(C(F)(F)F)o2)C1. The number of halogens is 4. The van der Waals surface area contributed by atoms with Gasteiger partial charge < -0.3 is 9.32 Å². The van der Waals surface area contributed by atoms with Crippen molar-refractivity contribution in [3.05, 3.63) is 45.2 Å². The largest absolute Gasteiger partial charge is 0.470 e. The number of carbonyl (C=O) groups excluding carboxylic acids is 1. The van der Waals surface area contributed by atoms with Crippen LogP contribution in [0.2, 0.25) is 0 Å². The molecular formula is C15H13F3IN3O2. The minimum Gasteiger partial charge on any atom is -0.417 e. The molecule has 2 heterocycles. The number of amides is 1. The second-order valence-electron chi connectivity index (χ2n) is 5.51. The molecule has 5 nitrogen and oxygen atoms in total. The fourth-order valence-corrected chi connectivity index (χ4v) is 3.30. The highest BCUT2D eigenvalue weighted by molar-refractivity contribution is 14.1. The van der Waals surface area contributed by atoms with E-state index in [2.05, 4.69) is 32.8 Å². The third-order valence-corrected chi connectivity index (χ3v) is 4.79. The monoisotopic (exact) mass is 451 g/mol. The third-order valence-electron chi connectivity index (χ3n) is 3.85. The van der Waals surface area contributed by atoms with E-state index in [9.17, 15) is 18.0 Å². The predicted molar refractivity (Wildman–Crippen MR) is 86.3 cm³/mol. The topological polar surface area (TPSA) is 59.2 Å². The number of hydrogen-bond acceptors (Lipinski definition) is 4. The molecule has 1 aliphatic heterocycles. The molecule has 1 fully saturated rings. The van der Waals surface area contributed by atoms with E-state index >= 15 is 0 Å². The molecule has 24 heavy (non-hydrogen) atoms. The van der Waals surface area contributed by atoms with Crippen molar-refractivity contribution < 1.29 is 22.4 Å². The summed E-state index contributed by atoms with van der Waals surface area (Å²) >= 11 is 2.09. The lowest BCUT2D eigenvalue weighted by Gasteiger charge is -2.31. The molecule has 1 aromatic heterocycles. The summed E-state index contributed by atoms with van der Waals surface area (Å²) in [5.74, 6) is -1.94. The van der Waals surface area contributed by atoms with Gasteiger partial charge in [-0.05, 0) is 47.6 Å². The summed E-state index contributed by atoms with van der Waals surface area (Å²) in [7, 11) is 0. The lowest BCUT2D eigenvalue weighted by molar-refractivity contribution is -0.157. The quantitative estimate of drug-likeness (QED) is 0.654. The summed E-state index contributed by atoms with van der Waals surface area (Å²) in [5.41, 5.74) is 0.584. The summed E-state index contributed by atoms with van der Waals surface area (Å²) in [6, 6.07) is 7.20. The first-order valence-electron chi connectivity index (χ1n) is 7.30. The number of hydrogen-bond donors (Lipinski definition) is 0. The molecule has 1 atom stereocenters. The molecule has 2 aromatic rings. The minimum absolute atomic E-state index is 0.0671. The summed E-state index contributed by atoms with van der Waals surface area (Å²) < 4.78 is 43.3. The fraction of sp³-hybridized carbons (Fsp3) is 0.400. The molecule has 1 saturated heterocycles. The average Bonchev–Trinajstić information content (AvgIpc) is 3.05. The molecule has 1 unspecified atom stereocenters. The molecule has 128 valence electrons. The van der Waals surface area contributed by atoms with Crippen LogP contribution in [-0.2, 0) is 6.18 Å². The van der Waals surface area contributed by atoms with Gasteiger partial charge >= 0.3 is 12.1 Å². The van der Waals surface area contributed by atoms with Gasteiger partial charge in [0.25, 0.3) is 5.91 Å². The molecule has 0 spiro atoms.